The number of ether oxygens (including phenoxy) is 2. The van der Waals surface area contributed by atoms with Crippen LogP contribution in [-0.2, 0) is 14.3 Å². The smallest absolute Gasteiger partial charge is 0.220 e. The summed E-state index contributed by atoms with van der Waals surface area (Å²) < 4.78 is 11.2. The molecule has 0 saturated carbocycles. The SMILES string of the molecule is CCCCCCCCCCCCCCCCCCCCCCCCCCCCCCCC(=O)N[C@@H](CO[C@@H]1O[C@H](CO)[C@@H](O)C(O)C1O)[C@H](O)[C@H](O)CCCCCCCCCCCCCCCC. The molecule has 10 heteroatoms. The number of amides is 1. The van der Waals surface area contributed by atoms with Crippen LogP contribution >= 0.6 is 0 Å². The molecular formula is C58H115NO9. The van der Waals surface area contributed by atoms with E-state index in [0.29, 0.717) is 6.42 Å². The van der Waals surface area contributed by atoms with E-state index in [0.717, 1.165) is 38.5 Å². The molecule has 0 bridgehead atoms. The Morgan fingerprint density at radius 1 is 0.456 bits per heavy atom. The predicted octanol–water partition coefficient (Wildman–Crippen LogP) is 13.6. The first-order valence-electron chi connectivity index (χ1n) is 29.8. The molecule has 1 heterocycles. The van der Waals surface area contributed by atoms with E-state index in [4.69, 9.17) is 9.47 Å². The van der Waals surface area contributed by atoms with Crippen LogP contribution in [0.25, 0.3) is 0 Å². The van der Waals surface area contributed by atoms with Crippen LogP contribution in [0.5, 0.6) is 0 Å². The van der Waals surface area contributed by atoms with Crippen molar-refractivity contribution in [1.29, 1.82) is 0 Å². The minimum Gasteiger partial charge on any atom is -0.394 e. The Morgan fingerprint density at radius 3 is 1.09 bits per heavy atom. The molecule has 1 aliphatic heterocycles. The van der Waals surface area contributed by atoms with Crippen LogP contribution in [0.2, 0.25) is 0 Å². The maximum atomic E-state index is 13.1. The minimum atomic E-state index is -1.60. The molecule has 406 valence electrons. The molecule has 1 fully saturated rings. The zero-order valence-electron chi connectivity index (χ0n) is 44.8. The van der Waals surface area contributed by atoms with Crippen molar-refractivity contribution in [2.24, 2.45) is 0 Å². The van der Waals surface area contributed by atoms with Gasteiger partial charge in [-0.2, -0.15) is 0 Å². The summed E-state index contributed by atoms with van der Waals surface area (Å²) in [7, 11) is 0. The first kappa shape index (κ1) is 65.2. The fourth-order valence-electron chi connectivity index (χ4n) is 10.0. The van der Waals surface area contributed by atoms with E-state index in [1.807, 2.05) is 0 Å². The van der Waals surface area contributed by atoms with Crippen LogP contribution in [0.4, 0.5) is 0 Å². The van der Waals surface area contributed by atoms with Gasteiger partial charge in [-0.05, 0) is 12.8 Å². The van der Waals surface area contributed by atoms with E-state index in [1.54, 1.807) is 0 Å². The molecule has 68 heavy (non-hydrogen) atoms. The molecule has 0 aliphatic carbocycles. The van der Waals surface area contributed by atoms with Crippen molar-refractivity contribution in [3.05, 3.63) is 0 Å². The van der Waals surface area contributed by atoms with Crippen LogP contribution < -0.4 is 5.32 Å². The van der Waals surface area contributed by atoms with E-state index < -0.39 is 55.6 Å². The van der Waals surface area contributed by atoms with Crippen LogP contribution in [-0.4, -0.2) is 98.7 Å². The number of nitrogens with one attached hydrogen (secondary N) is 1. The fourth-order valence-corrected chi connectivity index (χ4v) is 10.0. The molecule has 0 radical (unpaired) electrons. The van der Waals surface area contributed by atoms with Crippen molar-refractivity contribution in [3.8, 4) is 0 Å². The van der Waals surface area contributed by atoms with Gasteiger partial charge in [0.05, 0.1) is 25.4 Å². The zero-order valence-corrected chi connectivity index (χ0v) is 44.8. The van der Waals surface area contributed by atoms with Crippen LogP contribution in [0.1, 0.15) is 303 Å². The van der Waals surface area contributed by atoms with Gasteiger partial charge in [-0.15, -0.1) is 0 Å². The van der Waals surface area contributed by atoms with Gasteiger partial charge in [0.1, 0.15) is 30.5 Å². The Kier molecular flexibility index (Phi) is 46.4. The normalized spacial score (nSPS) is 19.9. The molecular weight excluding hydrogens is 855 g/mol. The van der Waals surface area contributed by atoms with E-state index in [1.165, 1.54) is 238 Å². The molecule has 1 amide bonds. The van der Waals surface area contributed by atoms with Gasteiger partial charge in [0.2, 0.25) is 5.91 Å². The number of aliphatic hydroxyl groups is 6. The zero-order chi connectivity index (χ0) is 49.6. The molecule has 1 rings (SSSR count). The second kappa shape index (κ2) is 48.4. The highest BCUT2D eigenvalue weighted by molar-refractivity contribution is 5.76. The van der Waals surface area contributed by atoms with Crippen molar-refractivity contribution in [3.63, 3.8) is 0 Å². The number of hydrogen-bond donors (Lipinski definition) is 7. The van der Waals surface area contributed by atoms with Gasteiger partial charge in [0.25, 0.3) is 0 Å². The van der Waals surface area contributed by atoms with Crippen molar-refractivity contribution in [2.45, 2.75) is 352 Å². The topological polar surface area (TPSA) is 169 Å². The number of carbonyl (C=O) groups excluding carboxylic acids is 1. The lowest BCUT2D eigenvalue weighted by Crippen LogP contribution is -2.60. The number of aliphatic hydroxyl groups excluding tert-OH is 6. The van der Waals surface area contributed by atoms with Gasteiger partial charge < -0.3 is 45.4 Å². The molecule has 8 atom stereocenters. The Morgan fingerprint density at radius 2 is 0.765 bits per heavy atom. The number of carbonyl (C=O) groups is 1. The Balaban J connectivity index is 2.17. The maximum absolute atomic E-state index is 13.1. The van der Waals surface area contributed by atoms with E-state index in [9.17, 15) is 35.4 Å². The largest absolute Gasteiger partial charge is 0.394 e. The maximum Gasteiger partial charge on any atom is 0.220 e. The summed E-state index contributed by atoms with van der Waals surface area (Å²) in [4.78, 5) is 13.1. The van der Waals surface area contributed by atoms with E-state index in [2.05, 4.69) is 19.2 Å². The van der Waals surface area contributed by atoms with Gasteiger partial charge in [0.15, 0.2) is 6.29 Å². The van der Waals surface area contributed by atoms with Crippen LogP contribution in [0.15, 0.2) is 0 Å². The van der Waals surface area contributed by atoms with Crippen molar-refractivity contribution >= 4 is 5.91 Å². The first-order chi connectivity index (χ1) is 33.3. The molecule has 2 unspecified atom stereocenters. The highest BCUT2D eigenvalue weighted by Gasteiger charge is 2.44. The number of rotatable bonds is 52. The lowest BCUT2D eigenvalue weighted by molar-refractivity contribution is -0.303. The number of unbranched alkanes of at least 4 members (excludes halogenated alkanes) is 41. The average Bonchev–Trinajstić information content (AvgIpc) is 3.34. The summed E-state index contributed by atoms with van der Waals surface area (Å²) in [5.74, 6) is -0.250. The highest BCUT2D eigenvalue weighted by atomic mass is 16.7. The Hall–Kier alpha value is -0.850. The van der Waals surface area contributed by atoms with Gasteiger partial charge in [-0.3, -0.25) is 4.79 Å². The summed E-state index contributed by atoms with van der Waals surface area (Å²) in [6, 6.07) is -0.986. The Bertz CT molecular complexity index is 1050. The third-order valence-electron chi connectivity index (χ3n) is 14.8. The van der Waals surface area contributed by atoms with Gasteiger partial charge in [-0.25, -0.2) is 0 Å². The summed E-state index contributed by atoms with van der Waals surface area (Å²) in [6.45, 7) is 3.65. The minimum absolute atomic E-state index is 0.250. The molecule has 7 N–H and O–H groups in total. The first-order valence-corrected chi connectivity index (χ1v) is 29.8. The molecule has 1 saturated heterocycles. The summed E-state index contributed by atoms with van der Waals surface area (Å²) in [6.07, 6.45) is 47.1. The lowest BCUT2D eigenvalue weighted by atomic mass is 9.98. The second-order valence-corrected chi connectivity index (χ2v) is 21.3. The predicted molar refractivity (Wildman–Crippen MR) is 283 cm³/mol. The average molecular weight is 971 g/mol. The summed E-state index contributed by atoms with van der Waals surface area (Å²) in [5, 5.41) is 65.5. The third kappa shape index (κ3) is 37.0. The summed E-state index contributed by atoms with van der Waals surface area (Å²) >= 11 is 0. The van der Waals surface area contributed by atoms with Crippen molar-refractivity contribution < 1.29 is 44.9 Å². The van der Waals surface area contributed by atoms with Crippen molar-refractivity contribution in [1.82, 2.24) is 5.32 Å². The van der Waals surface area contributed by atoms with Gasteiger partial charge >= 0.3 is 0 Å². The quantitative estimate of drug-likeness (QED) is 0.0293. The van der Waals surface area contributed by atoms with Gasteiger partial charge in [-0.1, -0.05) is 284 Å². The van der Waals surface area contributed by atoms with Crippen LogP contribution in [0.3, 0.4) is 0 Å². The molecule has 1 aliphatic rings. The molecule has 10 nitrogen and oxygen atoms in total. The molecule has 0 aromatic carbocycles. The van der Waals surface area contributed by atoms with Gasteiger partial charge in [0, 0.05) is 6.42 Å². The summed E-state index contributed by atoms with van der Waals surface area (Å²) in [5.41, 5.74) is 0. The van der Waals surface area contributed by atoms with Crippen molar-refractivity contribution in [2.75, 3.05) is 13.2 Å². The van der Waals surface area contributed by atoms with E-state index >= 15 is 0 Å². The fraction of sp³-hybridized carbons (Fsp3) is 0.983. The standard InChI is InChI=1S/C58H115NO9/c1-3-5-7-9-11-13-15-17-19-20-21-22-23-24-25-26-27-28-29-30-31-32-33-35-37-39-41-43-45-47-53(62)59-50(49-67-58-57(66)56(65)55(64)52(48-60)68-58)54(63)51(61)46-44-42-40-38-36-34-18-16-14-12-10-8-6-4-2/h50-52,54-58,60-61,63-66H,3-49H2,1-2H3,(H,59,62)/t50-,51+,52+,54-,55+,56?,57?,58+/m0/s1. The third-order valence-corrected chi connectivity index (χ3v) is 14.8. The Labute approximate surface area is 419 Å². The molecule has 0 aromatic heterocycles. The highest BCUT2D eigenvalue weighted by Crippen LogP contribution is 2.24. The lowest BCUT2D eigenvalue weighted by Gasteiger charge is -2.40. The van der Waals surface area contributed by atoms with Crippen LogP contribution in [0, 0.1) is 0 Å². The van der Waals surface area contributed by atoms with E-state index in [-0.39, 0.29) is 18.9 Å². The molecule has 0 spiro atoms. The number of hydrogen-bond acceptors (Lipinski definition) is 9. The second-order valence-electron chi connectivity index (χ2n) is 21.3. The monoisotopic (exact) mass is 970 g/mol. The molecule has 0 aromatic rings.